The zero-order chi connectivity index (χ0) is 20.3. The molecular weight excluding hydrogens is 410 g/mol. The quantitative estimate of drug-likeness (QED) is 0.741. The first-order valence-electron chi connectivity index (χ1n) is 8.35. The second-order valence-corrected chi connectivity index (χ2v) is 8.50. The summed E-state index contributed by atoms with van der Waals surface area (Å²) < 4.78 is 60.1. The fourth-order valence-electron chi connectivity index (χ4n) is 2.75. The molecule has 6 nitrogen and oxygen atoms in total. The van der Waals surface area contributed by atoms with Crippen LogP contribution in [0.4, 0.5) is 14.5 Å². The van der Waals surface area contributed by atoms with Crippen molar-refractivity contribution in [1.29, 1.82) is 0 Å². The molecule has 10 heteroatoms. The van der Waals surface area contributed by atoms with Crippen LogP contribution in [0.15, 0.2) is 46.2 Å². The van der Waals surface area contributed by atoms with Crippen LogP contribution in [-0.2, 0) is 14.8 Å². The maximum Gasteiger partial charge on any atom is 0.262 e. The Labute approximate surface area is 165 Å². The molecule has 0 spiro atoms. The molecule has 0 atom stereocenters. The smallest absolute Gasteiger partial charge is 0.262 e. The number of para-hydroxylation sites is 1. The number of nitrogens with one attached hydrogen (secondary N) is 1. The van der Waals surface area contributed by atoms with Crippen LogP contribution in [0.5, 0.6) is 0 Å². The highest BCUT2D eigenvalue weighted by Gasteiger charge is 2.25. The fourth-order valence-corrected chi connectivity index (χ4v) is 4.42. The standard InChI is InChI=1S/C18H18F2N2O4S2/c1-27-16-6-5-12(11-13(16)18(23)22-7-9-26-10-8-22)28(24,25)21-17-14(19)3-2-4-15(17)20/h2-6,11,21H,7-10H2,1H3. The minimum absolute atomic E-state index is 0.214. The monoisotopic (exact) mass is 428 g/mol. The fraction of sp³-hybridized carbons (Fsp3) is 0.278. The van der Waals surface area contributed by atoms with E-state index in [1.165, 1.54) is 30.0 Å². The lowest BCUT2D eigenvalue weighted by atomic mass is 10.2. The minimum atomic E-state index is -4.30. The number of nitrogens with zero attached hydrogens (tertiary/aromatic N) is 1. The van der Waals surface area contributed by atoms with Crippen LogP contribution >= 0.6 is 11.8 Å². The molecule has 0 aliphatic carbocycles. The van der Waals surface area contributed by atoms with E-state index in [4.69, 9.17) is 4.74 Å². The van der Waals surface area contributed by atoms with E-state index in [0.29, 0.717) is 31.2 Å². The molecule has 0 saturated carbocycles. The Hall–Kier alpha value is -2.17. The minimum Gasteiger partial charge on any atom is -0.378 e. The normalized spacial score (nSPS) is 14.8. The maximum atomic E-state index is 13.8. The molecule has 0 radical (unpaired) electrons. The predicted octanol–water partition coefficient (Wildman–Crippen LogP) is 2.96. The molecule has 1 aliphatic rings. The molecule has 3 rings (SSSR count). The lowest BCUT2D eigenvalue weighted by Crippen LogP contribution is -2.41. The van der Waals surface area contributed by atoms with Crippen LogP contribution in [0.1, 0.15) is 10.4 Å². The summed E-state index contributed by atoms with van der Waals surface area (Å²) in [6, 6.07) is 7.06. The van der Waals surface area contributed by atoms with E-state index in [-0.39, 0.29) is 16.4 Å². The average Bonchev–Trinajstić information content (AvgIpc) is 2.70. The Morgan fingerprint density at radius 1 is 1.14 bits per heavy atom. The molecule has 1 fully saturated rings. The van der Waals surface area contributed by atoms with Gasteiger partial charge in [-0.2, -0.15) is 0 Å². The number of hydrogen-bond donors (Lipinski definition) is 1. The summed E-state index contributed by atoms with van der Waals surface area (Å²) in [5.41, 5.74) is -0.552. The van der Waals surface area contributed by atoms with Gasteiger partial charge in [-0.05, 0) is 36.6 Å². The van der Waals surface area contributed by atoms with Gasteiger partial charge in [-0.25, -0.2) is 17.2 Å². The zero-order valence-electron chi connectivity index (χ0n) is 14.9. The van der Waals surface area contributed by atoms with Gasteiger partial charge in [0.1, 0.15) is 17.3 Å². The van der Waals surface area contributed by atoms with E-state index < -0.39 is 27.3 Å². The Morgan fingerprint density at radius 3 is 2.39 bits per heavy atom. The Morgan fingerprint density at radius 2 is 1.79 bits per heavy atom. The van der Waals surface area contributed by atoms with Crippen molar-refractivity contribution < 1.29 is 26.7 Å². The SMILES string of the molecule is CSc1ccc(S(=O)(=O)Nc2c(F)cccc2F)cc1C(=O)N1CCOCC1. The van der Waals surface area contributed by atoms with Crippen molar-refractivity contribution in [1.82, 2.24) is 4.90 Å². The van der Waals surface area contributed by atoms with Gasteiger partial charge in [0.2, 0.25) is 0 Å². The predicted molar refractivity (Wildman–Crippen MR) is 102 cm³/mol. The van der Waals surface area contributed by atoms with Gasteiger partial charge < -0.3 is 9.64 Å². The second-order valence-electron chi connectivity index (χ2n) is 5.97. The number of hydrogen-bond acceptors (Lipinski definition) is 5. The van der Waals surface area contributed by atoms with Crippen molar-refractivity contribution in [2.75, 3.05) is 37.3 Å². The number of anilines is 1. The summed E-state index contributed by atoms with van der Waals surface area (Å²) in [6.45, 7) is 1.63. The first kappa shape index (κ1) is 20.6. The zero-order valence-corrected chi connectivity index (χ0v) is 16.6. The molecule has 1 saturated heterocycles. The molecule has 28 heavy (non-hydrogen) atoms. The van der Waals surface area contributed by atoms with E-state index >= 15 is 0 Å². The van der Waals surface area contributed by atoms with E-state index in [0.717, 1.165) is 18.2 Å². The highest BCUT2D eigenvalue weighted by Crippen LogP contribution is 2.27. The molecule has 0 bridgehead atoms. The highest BCUT2D eigenvalue weighted by molar-refractivity contribution is 7.98. The van der Waals surface area contributed by atoms with Gasteiger partial charge in [0, 0.05) is 18.0 Å². The molecule has 1 aliphatic heterocycles. The summed E-state index contributed by atoms with van der Waals surface area (Å²) in [5.74, 6) is -2.38. The highest BCUT2D eigenvalue weighted by atomic mass is 32.2. The summed E-state index contributed by atoms with van der Waals surface area (Å²) in [4.78, 5) is 14.8. The number of benzene rings is 2. The number of sulfonamides is 1. The second kappa shape index (κ2) is 8.46. The first-order valence-corrected chi connectivity index (χ1v) is 11.1. The Balaban J connectivity index is 1.96. The van der Waals surface area contributed by atoms with Crippen LogP contribution < -0.4 is 4.72 Å². The van der Waals surface area contributed by atoms with E-state index in [1.54, 1.807) is 11.2 Å². The molecular formula is C18H18F2N2O4S2. The number of ether oxygens (including phenoxy) is 1. The molecule has 1 heterocycles. The van der Waals surface area contributed by atoms with Gasteiger partial charge in [0.25, 0.3) is 15.9 Å². The molecule has 2 aromatic carbocycles. The summed E-state index contributed by atoms with van der Waals surface area (Å²) >= 11 is 1.30. The molecule has 2 aromatic rings. The Kier molecular flexibility index (Phi) is 6.21. The van der Waals surface area contributed by atoms with Crippen LogP contribution in [0, 0.1) is 11.6 Å². The molecule has 0 unspecified atom stereocenters. The van der Waals surface area contributed by atoms with Crippen LogP contribution in [0.3, 0.4) is 0 Å². The first-order chi connectivity index (χ1) is 13.3. The van der Waals surface area contributed by atoms with Crippen LogP contribution in [0.2, 0.25) is 0 Å². The Bertz CT molecular complexity index is 973. The van der Waals surface area contributed by atoms with Gasteiger partial charge in [-0.3, -0.25) is 9.52 Å². The van der Waals surface area contributed by atoms with E-state index in [2.05, 4.69) is 0 Å². The number of carbonyl (C=O) groups excluding carboxylic acids is 1. The van der Waals surface area contributed by atoms with E-state index in [1.807, 2.05) is 4.72 Å². The molecule has 0 aromatic heterocycles. The number of halogens is 2. The third kappa shape index (κ3) is 4.29. The maximum absolute atomic E-state index is 13.8. The number of carbonyl (C=O) groups is 1. The topological polar surface area (TPSA) is 75.7 Å². The van der Waals surface area contributed by atoms with Crippen LogP contribution in [-0.4, -0.2) is 51.8 Å². The molecule has 150 valence electrons. The third-order valence-corrected chi connectivity index (χ3v) is 6.35. The van der Waals surface area contributed by atoms with Crippen molar-refractivity contribution in [2.45, 2.75) is 9.79 Å². The van der Waals surface area contributed by atoms with Gasteiger partial charge in [-0.15, -0.1) is 11.8 Å². The largest absolute Gasteiger partial charge is 0.378 e. The molecule has 1 N–H and O–H groups in total. The number of morpholine rings is 1. The lowest BCUT2D eigenvalue weighted by molar-refractivity contribution is 0.0300. The van der Waals surface area contributed by atoms with Crippen LogP contribution in [0.25, 0.3) is 0 Å². The molecule has 1 amide bonds. The lowest BCUT2D eigenvalue weighted by Gasteiger charge is -2.27. The number of rotatable bonds is 5. The van der Waals surface area contributed by atoms with Crippen molar-refractivity contribution in [2.24, 2.45) is 0 Å². The summed E-state index contributed by atoms with van der Waals surface area (Å²) in [7, 11) is -4.30. The van der Waals surface area contributed by atoms with Gasteiger partial charge in [0.05, 0.1) is 23.7 Å². The van der Waals surface area contributed by atoms with Gasteiger partial charge in [-0.1, -0.05) is 6.07 Å². The summed E-state index contributed by atoms with van der Waals surface area (Å²) in [6.07, 6.45) is 1.77. The van der Waals surface area contributed by atoms with Gasteiger partial charge in [0.15, 0.2) is 0 Å². The number of thioether (sulfide) groups is 1. The van der Waals surface area contributed by atoms with Crippen molar-refractivity contribution in [3.8, 4) is 0 Å². The third-order valence-electron chi connectivity index (χ3n) is 4.21. The van der Waals surface area contributed by atoms with Crippen molar-refractivity contribution in [3.05, 3.63) is 53.6 Å². The van der Waals surface area contributed by atoms with Gasteiger partial charge >= 0.3 is 0 Å². The number of amides is 1. The van der Waals surface area contributed by atoms with Crippen molar-refractivity contribution >= 4 is 33.4 Å². The summed E-state index contributed by atoms with van der Waals surface area (Å²) in [5, 5.41) is 0. The average molecular weight is 428 g/mol. The van der Waals surface area contributed by atoms with E-state index in [9.17, 15) is 22.0 Å². The van der Waals surface area contributed by atoms with Crippen molar-refractivity contribution in [3.63, 3.8) is 0 Å².